The first-order valence-electron chi connectivity index (χ1n) is 6.12. The normalized spacial score (nSPS) is 12.4. The van der Waals surface area contributed by atoms with Crippen LogP contribution in [0.25, 0.3) is 0 Å². The van der Waals surface area contributed by atoms with E-state index in [1.807, 2.05) is 24.4 Å². The van der Waals surface area contributed by atoms with Crippen molar-refractivity contribution in [2.75, 3.05) is 7.11 Å². The van der Waals surface area contributed by atoms with Crippen molar-refractivity contribution in [3.05, 3.63) is 39.8 Å². The van der Waals surface area contributed by atoms with Gasteiger partial charge in [-0.2, -0.15) is 0 Å². The monoisotopic (exact) mass is 278 g/mol. The Kier molecular flexibility index (Phi) is 4.39. The maximum Gasteiger partial charge on any atom is 0.162 e. The second kappa shape index (κ2) is 6.04. The molecule has 0 aliphatic carbocycles. The molecule has 0 fully saturated rings. The minimum Gasteiger partial charge on any atom is -0.504 e. The van der Waals surface area contributed by atoms with Crippen molar-refractivity contribution in [1.82, 2.24) is 10.3 Å². The summed E-state index contributed by atoms with van der Waals surface area (Å²) in [4.78, 5) is 4.45. The Morgan fingerprint density at radius 3 is 2.89 bits per heavy atom. The molecule has 0 aliphatic rings. The van der Waals surface area contributed by atoms with Crippen LogP contribution in [0, 0.1) is 6.92 Å². The van der Waals surface area contributed by atoms with Crippen LogP contribution in [-0.4, -0.2) is 17.2 Å². The summed E-state index contributed by atoms with van der Waals surface area (Å²) < 4.78 is 5.09. The summed E-state index contributed by atoms with van der Waals surface area (Å²) in [5, 5.41) is 16.4. The fourth-order valence-corrected chi connectivity index (χ4v) is 2.62. The third-order valence-electron chi connectivity index (χ3n) is 2.91. The zero-order chi connectivity index (χ0) is 13.8. The van der Waals surface area contributed by atoms with E-state index in [9.17, 15) is 5.11 Å². The number of nitrogens with one attached hydrogen (secondary N) is 1. The molecule has 0 spiro atoms. The van der Waals surface area contributed by atoms with Gasteiger partial charge in [0.15, 0.2) is 11.5 Å². The van der Waals surface area contributed by atoms with Gasteiger partial charge in [-0.25, -0.2) is 4.98 Å². The van der Waals surface area contributed by atoms with Crippen molar-refractivity contribution in [3.8, 4) is 11.5 Å². The Labute approximate surface area is 117 Å². The Hall–Kier alpha value is -1.59. The molecule has 2 aromatic rings. The first-order valence-corrected chi connectivity index (χ1v) is 7.00. The molecule has 0 saturated carbocycles. The van der Waals surface area contributed by atoms with Gasteiger partial charge in [-0.1, -0.05) is 12.1 Å². The minimum absolute atomic E-state index is 0.157. The van der Waals surface area contributed by atoms with E-state index in [0.29, 0.717) is 12.3 Å². The Bertz CT molecular complexity index is 554. The van der Waals surface area contributed by atoms with Gasteiger partial charge in [-0.15, -0.1) is 11.3 Å². The SMILES string of the molecule is COc1cccc(CNC(C)c2nc(C)cs2)c1O. The highest BCUT2D eigenvalue weighted by Crippen LogP contribution is 2.29. The van der Waals surface area contributed by atoms with E-state index in [1.165, 1.54) is 0 Å². The summed E-state index contributed by atoms with van der Waals surface area (Å²) in [5.41, 5.74) is 1.86. The number of aryl methyl sites for hydroxylation is 1. The molecule has 5 heteroatoms. The summed E-state index contributed by atoms with van der Waals surface area (Å²) in [6.45, 7) is 4.62. The van der Waals surface area contributed by atoms with Gasteiger partial charge < -0.3 is 15.2 Å². The van der Waals surface area contributed by atoms with Crippen LogP contribution in [0.5, 0.6) is 11.5 Å². The zero-order valence-electron chi connectivity index (χ0n) is 11.3. The number of aromatic hydroxyl groups is 1. The largest absolute Gasteiger partial charge is 0.504 e. The number of nitrogens with zero attached hydrogens (tertiary/aromatic N) is 1. The summed E-state index contributed by atoms with van der Waals surface area (Å²) in [6.07, 6.45) is 0. The molecule has 0 amide bonds. The van der Waals surface area contributed by atoms with Crippen LogP contribution in [0.4, 0.5) is 0 Å². The van der Waals surface area contributed by atoms with Gasteiger partial charge in [-0.3, -0.25) is 0 Å². The number of phenolic OH excluding ortho intramolecular Hbond substituents is 1. The molecule has 2 rings (SSSR count). The topological polar surface area (TPSA) is 54.4 Å². The highest BCUT2D eigenvalue weighted by Gasteiger charge is 2.11. The van der Waals surface area contributed by atoms with Crippen LogP contribution in [0.1, 0.15) is 29.2 Å². The molecule has 0 saturated heterocycles. The summed E-state index contributed by atoms with van der Waals surface area (Å²) >= 11 is 1.64. The fourth-order valence-electron chi connectivity index (χ4n) is 1.80. The number of hydrogen-bond donors (Lipinski definition) is 2. The lowest BCUT2D eigenvalue weighted by molar-refractivity contribution is 0.369. The number of ether oxygens (including phenoxy) is 1. The van der Waals surface area contributed by atoms with Crippen LogP contribution >= 0.6 is 11.3 Å². The quantitative estimate of drug-likeness (QED) is 0.882. The average molecular weight is 278 g/mol. The van der Waals surface area contributed by atoms with E-state index in [1.54, 1.807) is 24.5 Å². The average Bonchev–Trinajstić information content (AvgIpc) is 2.84. The molecule has 0 radical (unpaired) electrons. The molecule has 102 valence electrons. The summed E-state index contributed by atoms with van der Waals surface area (Å²) in [6, 6.07) is 5.65. The molecule has 1 aromatic heterocycles. The smallest absolute Gasteiger partial charge is 0.162 e. The predicted octanol–water partition coefficient (Wildman–Crippen LogP) is 3.02. The number of para-hydroxylation sites is 1. The first-order chi connectivity index (χ1) is 9.11. The van der Waals surface area contributed by atoms with Crippen molar-refractivity contribution in [2.45, 2.75) is 26.4 Å². The standard InChI is InChI=1S/C14H18N2O2S/c1-9-8-19-14(16-9)10(2)15-7-11-5-4-6-12(18-3)13(11)17/h4-6,8,10,15,17H,7H2,1-3H3. The van der Waals surface area contributed by atoms with E-state index < -0.39 is 0 Å². The van der Waals surface area contributed by atoms with E-state index in [0.717, 1.165) is 16.3 Å². The molecular formula is C14H18N2O2S. The molecule has 1 heterocycles. The number of benzene rings is 1. The molecule has 4 nitrogen and oxygen atoms in total. The lowest BCUT2D eigenvalue weighted by atomic mass is 10.1. The lowest BCUT2D eigenvalue weighted by Crippen LogP contribution is -2.18. The van der Waals surface area contributed by atoms with Crippen LogP contribution in [0.15, 0.2) is 23.6 Å². The molecule has 1 unspecified atom stereocenters. The Morgan fingerprint density at radius 2 is 2.26 bits per heavy atom. The van der Waals surface area contributed by atoms with E-state index in [2.05, 4.69) is 17.2 Å². The van der Waals surface area contributed by atoms with Crippen molar-refractivity contribution in [1.29, 1.82) is 0 Å². The number of phenols is 1. The van der Waals surface area contributed by atoms with Gasteiger partial charge in [0.25, 0.3) is 0 Å². The molecule has 1 aromatic carbocycles. The van der Waals surface area contributed by atoms with Gasteiger partial charge in [0.05, 0.1) is 13.2 Å². The number of rotatable bonds is 5. The van der Waals surface area contributed by atoms with Crippen LogP contribution in [0.3, 0.4) is 0 Å². The predicted molar refractivity (Wildman–Crippen MR) is 76.8 cm³/mol. The summed E-state index contributed by atoms with van der Waals surface area (Å²) in [7, 11) is 1.55. The van der Waals surface area contributed by atoms with Gasteiger partial charge in [0.2, 0.25) is 0 Å². The third kappa shape index (κ3) is 3.24. The van der Waals surface area contributed by atoms with Gasteiger partial charge >= 0.3 is 0 Å². The number of methoxy groups -OCH3 is 1. The van der Waals surface area contributed by atoms with Gasteiger partial charge in [-0.05, 0) is 19.9 Å². The van der Waals surface area contributed by atoms with Crippen molar-refractivity contribution in [2.24, 2.45) is 0 Å². The Balaban J connectivity index is 2.02. The summed E-state index contributed by atoms with van der Waals surface area (Å²) in [5.74, 6) is 0.692. The van der Waals surface area contributed by atoms with E-state index >= 15 is 0 Å². The van der Waals surface area contributed by atoms with Crippen molar-refractivity contribution < 1.29 is 9.84 Å². The van der Waals surface area contributed by atoms with E-state index in [4.69, 9.17) is 4.74 Å². The highest BCUT2D eigenvalue weighted by molar-refractivity contribution is 7.09. The number of hydrogen-bond acceptors (Lipinski definition) is 5. The maximum absolute atomic E-state index is 10.00. The molecular weight excluding hydrogens is 260 g/mol. The lowest BCUT2D eigenvalue weighted by Gasteiger charge is -2.13. The first kappa shape index (κ1) is 13.8. The molecule has 0 aliphatic heterocycles. The molecule has 0 bridgehead atoms. The van der Waals surface area contributed by atoms with Crippen LogP contribution in [0.2, 0.25) is 0 Å². The van der Waals surface area contributed by atoms with Crippen molar-refractivity contribution in [3.63, 3.8) is 0 Å². The van der Waals surface area contributed by atoms with Crippen LogP contribution in [-0.2, 0) is 6.54 Å². The number of aromatic nitrogens is 1. The van der Waals surface area contributed by atoms with Gasteiger partial charge in [0, 0.05) is 23.2 Å². The fraction of sp³-hybridized carbons (Fsp3) is 0.357. The molecule has 1 atom stereocenters. The zero-order valence-corrected chi connectivity index (χ0v) is 12.1. The van der Waals surface area contributed by atoms with E-state index in [-0.39, 0.29) is 11.8 Å². The second-order valence-corrected chi connectivity index (χ2v) is 5.29. The van der Waals surface area contributed by atoms with Crippen LogP contribution < -0.4 is 10.1 Å². The number of thiazole rings is 1. The maximum atomic E-state index is 10.00. The minimum atomic E-state index is 0.157. The molecule has 2 N–H and O–H groups in total. The highest BCUT2D eigenvalue weighted by atomic mass is 32.1. The van der Waals surface area contributed by atoms with Crippen molar-refractivity contribution >= 4 is 11.3 Å². The second-order valence-electron chi connectivity index (χ2n) is 4.40. The molecule has 19 heavy (non-hydrogen) atoms. The Morgan fingerprint density at radius 1 is 1.47 bits per heavy atom. The van der Waals surface area contributed by atoms with Gasteiger partial charge in [0.1, 0.15) is 5.01 Å². The third-order valence-corrected chi connectivity index (χ3v) is 4.05.